The molecular weight excluding hydrogens is 431 g/mol. The van der Waals surface area contributed by atoms with Gasteiger partial charge in [-0.2, -0.15) is 0 Å². The number of piperidine rings is 1. The first-order chi connectivity index (χ1) is 14.7. The molecule has 31 heavy (non-hydrogen) atoms. The van der Waals surface area contributed by atoms with Crippen LogP contribution in [-0.2, 0) is 16.8 Å². The zero-order valence-electron chi connectivity index (χ0n) is 18.6. The fourth-order valence-corrected chi connectivity index (χ4v) is 4.40. The molecule has 0 aromatic heterocycles. The maximum Gasteiger partial charge on any atom is 0.223 e. The largest absolute Gasteiger partial charge is 0.491 e. The third kappa shape index (κ3) is 6.86. The zero-order valence-corrected chi connectivity index (χ0v) is 20.1. The number of para-hydroxylation sites is 1. The first-order valence-electron chi connectivity index (χ1n) is 10.9. The number of hydrogen-bond acceptors (Lipinski definition) is 3. The Hall–Kier alpha value is -1.75. The number of carbonyl (C=O) groups excluding carboxylic acids is 1. The molecule has 1 N–H and O–H groups in total. The van der Waals surface area contributed by atoms with E-state index in [-0.39, 0.29) is 17.2 Å². The molecule has 1 saturated heterocycles. The Labute approximate surface area is 195 Å². The number of nitrogens with zero attached hydrogens (tertiary/aromatic N) is 1. The van der Waals surface area contributed by atoms with Crippen molar-refractivity contribution >= 4 is 29.1 Å². The summed E-state index contributed by atoms with van der Waals surface area (Å²) in [6.07, 6.45) is 1.70. The molecule has 1 aliphatic heterocycles. The molecule has 3 rings (SSSR count). The lowest BCUT2D eigenvalue weighted by atomic mass is 9.86. The van der Waals surface area contributed by atoms with Gasteiger partial charge in [-0.1, -0.05) is 68.2 Å². The summed E-state index contributed by atoms with van der Waals surface area (Å²) in [5.74, 6) is 1.06. The van der Waals surface area contributed by atoms with Gasteiger partial charge >= 0.3 is 0 Å². The predicted molar refractivity (Wildman–Crippen MR) is 128 cm³/mol. The van der Waals surface area contributed by atoms with E-state index in [9.17, 15) is 4.79 Å². The van der Waals surface area contributed by atoms with Gasteiger partial charge in [0.1, 0.15) is 12.4 Å². The Morgan fingerprint density at radius 2 is 1.84 bits per heavy atom. The fourth-order valence-electron chi connectivity index (χ4n) is 3.94. The minimum absolute atomic E-state index is 0.0179. The SMILES string of the molecule is CC(C)(C)c1ccccc1OCCNC(=O)C1CCN(Cc2ccc(Cl)cc2Cl)CC1. The normalized spacial score (nSPS) is 15.6. The fraction of sp³-hybridized carbons (Fsp3) is 0.480. The molecule has 4 nitrogen and oxygen atoms in total. The van der Waals surface area contributed by atoms with Gasteiger partial charge in [0.25, 0.3) is 0 Å². The van der Waals surface area contributed by atoms with E-state index >= 15 is 0 Å². The van der Waals surface area contributed by atoms with Crippen LogP contribution in [0.15, 0.2) is 42.5 Å². The number of nitrogens with one attached hydrogen (secondary N) is 1. The lowest BCUT2D eigenvalue weighted by molar-refractivity contribution is -0.126. The number of halogens is 2. The first-order valence-corrected chi connectivity index (χ1v) is 11.7. The van der Waals surface area contributed by atoms with Crippen molar-refractivity contribution in [2.75, 3.05) is 26.2 Å². The van der Waals surface area contributed by atoms with E-state index in [1.807, 2.05) is 30.3 Å². The molecule has 0 bridgehead atoms. The van der Waals surface area contributed by atoms with E-state index in [0.717, 1.165) is 43.8 Å². The van der Waals surface area contributed by atoms with Crippen LogP contribution in [0.25, 0.3) is 0 Å². The minimum atomic E-state index is 0.0179. The summed E-state index contributed by atoms with van der Waals surface area (Å²) < 4.78 is 5.96. The van der Waals surface area contributed by atoms with Gasteiger partial charge in [-0.15, -0.1) is 0 Å². The van der Waals surface area contributed by atoms with Gasteiger partial charge in [-0.05, 0) is 60.7 Å². The molecule has 2 aromatic carbocycles. The smallest absolute Gasteiger partial charge is 0.223 e. The summed E-state index contributed by atoms with van der Waals surface area (Å²) in [6.45, 7) is 10.0. The summed E-state index contributed by atoms with van der Waals surface area (Å²) >= 11 is 12.3. The van der Waals surface area contributed by atoms with Gasteiger partial charge in [-0.3, -0.25) is 9.69 Å². The average Bonchev–Trinajstić information content (AvgIpc) is 2.73. The second kappa shape index (κ2) is 10.7. The van der Waals surface area contributed by atoms with Crippen LogP contribution in [0.1, 0.15) is 44.7 Å². The molecule has 6 heteroatoms. The van der Waals surface area contributed by atoms with E-state index in [0.29, 0.717) is 23.2 Å². The molecule has 1 amide bonds. The van der Waals surface area contributed by atoms with E-state index in [2.05, 4.69) is 37.1 Å². The summed E-state index contributed by atoms with van der Waals surface area (Å²) in [5.41, 5.74) is 2.26. The molecular formula is C25H32Cl2N2O2. The Balaban J connectivity index is 1.40. The van der Waals surface area contributed by atoms with Crippen LogP contribution in [0.3, 0.4) is 0 Å². The van der Waals surface area contributed by atoms with Crippen molar-refractivity contribution in [2.24, 2.45) is 5.92 Å². The monoisotopic (exact) mass is 462 g/mol. The Bertz CT molecular complexity index is 887. The van der Waals surface area contributed by atoms with Crippen LogP contribution >= 0.6 is 23.2 Å². The van der Waals surface area contributed by atoms with Gasteiger partial charge in [0.05, 0.1) is 6.54 Å². The summed E-state index contributed by atoms with van der Waals surface area (Å²) in [6, 6.07) is 13.7. The van der Waals surface area contributed by atoms with Crippen LogP contribution in [0, 0.1) is 5.92 Å². The number of benzene rings is 2. The number of hydrogen-bond donors (Lipinski definition) is 1. The highest BCUT2D eigenvalue weighted by Gasteiger charge is 2.25. The molecule has 0 saturated carbocycles. The Morgan fingerprint density at radius 1 is 1.13 bits per heavy atom. The number of ether oxygens (including phenoxy) is 1. The van der Waals surface area contributed by atoms with E-state index in [1.54, 1.807) is 6.07 Å². The minimum Gasteiger partial charge on any atom is -0.491 e. The Morgan fingerprint density at radius 3 is 2.52 bits per heavy atom. The quantitative estimate of drug-likeness (QED) is 0.536. The molecule has 0 radical (unpaired) electrons. The molecule has 1 aliphatic rings. The third-order valence-electron chi connectivity index (χ3n) is 5.72. The van der Waals surface area contributed by atoms with Crippen LogP contribution in [0.5, 0.6) is 5.75 Å². The van der Waals surface area contributed by atoms with Crippen LogP contribution in [-0.4, -0.2) is 37.0 Å². The maximum absolute atomic E-state index is 12.6. The third-order valence-corrected chi connectivity index (χ3v) is 6.31. The summed E-state index contributed by atoms with van der Waals surface area (Å²) in [5, 5.41) is 4.39. The lowest BCUT2D eigenvalue weighted by Gasteiger charge is -2.31. The van der Waals surface area contributed by atoms with Crippen LogP contribution in [0.4, 0.5) is 0 Å². The van der Waals surface area contributed by atoms with Gasteiger partial charge < -0.3 is 10.1 Å². The van der Waals surface area contributed by atoms with E-state index in [4.69, 9.17) is 27.9 Å². The van der Waals surface area contributed by atoms with Gasteiger partial charge in [-0.25, -0.2) is 0 Å². The predicted octanol–water partition coefficient (Wildman–Crippen LogP) is 5.70. The van der Waals surface area contributed by atoms with Crippen molar-refractivity contribution in [3.63, 3.8) is 0 Å². The average molecular weight is 463 g/mol. The number of carbonyl (C=O) groups is 1. The van der Waals surface area contributed by atoms with E-state index in [1.165, 1.54) is 5.56 Å². The van der Waals surface area contributed by atoms with Crippen molar-refractivity contribution in [2.45, 2.75) is 45.6 Å². The van der Waals surface area contributed by atoms with Crippen molar-refractivity contribution in [1.82, 2.24) is 10.2 Å². The zero-order chi connectivity index (χ0) is 22.4. The molecule has 0 atom stereocenters. The van der Waals surface area contributed by atoms with Crippen LogP contribution < -0.4 is 10.1 Å². The van der Waals surface area contributed by atoms with Gasteiger partial charge in [0.2, 0.25) is 5.91 Å². The van der Waals surface area contributed by atoms with Gasteiger partial charge in [0.15, 0.2) is 0 Å². The van der Waals surface area contributed by atoms with Crippen molar-refractivity contribution < 1.29 is 9.53 Å². The van der Waals surface area contributed by atoms with Crippen molar-refractivity contribution in [3.8, 4) is 5.75 Å². The maximum atomic E-state index is 12.6. The summed E-state index contributed by atoms with van der Waals surface area (Å²) in [4.78, 5) is 14.9. The number of rotatable bonds is 7. The van der Waals surface area contributed by atoms with E-state index < -0.39 is 0 Å². The molecule has 1 fully saturated rings. The topological polar surface area (TPSA) is 41.6 Å². The Kier molecular flexibility index (Phi) is 8.26. The lowest BCUT2D eigenvalue weighted by Crippen LogP contribution is -2.41. The first kappa shape index (κ1) is 23.9. The van der Waals surface area contributed by atoms with Crippen molar-refractivity contribution in [1.29, 1.82) is 0 Å². The molecule has 0 unspecified atom stereocenters. The second-order valence-electron chi connectivity index (χ2n) is 9.17. The molecule has 0 spiro atoms. The molecule has 168 valence electrons. The highest BCUT2D eigenvalue weighted by molar-refractivity contribution is 6.35. The molecule has 1 heterocycles. The number of likely N-dealkylation sites (tertiary alicyclic amines) is 1. The molecule has 2 aromatic rings. The van der Waals surface area contributed by atoms with Gasteiger partial charge in [0, 0.05) is 22.5 Å². The number of amides is 1. The van der Waals surface area contributed by atoms with Crippen LogP contribution in [0.2, 0.25) is 10.0 Å². The second-order valence-corrected chi connectivity index (χ2v) is 10.0. The summed E-state index contributed by atoms with van der Waals surface area (Å²) in [7, 11) is 0. The molecule has 0 aliphatic carbocycles. The van der Waals surface area contributed by atoms with Crippen molar-refractivity contribution in [3.05, 3.63) is 63.6 Å². The standard InChI is InChI=1S/C25H32Cl2N2O2/c1-25(2,3)21-6-4-5-7-23(21)31-15-12-28-24(30)18-10-13-29(14-11-18)17-19-8-9-20(26)16-22(19)27/h4-9,16,18H,10-15,17H2,1-3H3,(H,28,30). The highest BCUT2D eigenvalue weighted by atomic mass is 35.5. The highest BCUT2D eigenvalue weighted by Crippen LogP contribution is 2.31.